The van der Waals surface area contributed by atoms with Gasteiger partial charge in [0, 0.05) is 11.0 Å². The van der Waals surface area contributed by atoms with E-state index in [1.807, 2.05) is 0 Å². The van der Waals surface area contributed by atoms with Gasteiger partial charge in [0.1, 0.15) is 10.2 Å². The molecule has 1 spiro atoms. The number of halogens is 2. The van der Waals surface area contributed by atoms with Crippen LogP contribution >= 0.6 is 23.2 Å². The maximum Gasteiger partial charge on any atom is 0.175 e. The van der Waals surface area contributed by atoms with Gasteiger partial charge in [-0.05, 0) is 25.7 Å². The Morgan fingerprint density at radius 2 is 1.94 bits per heavy atom. The second-order valence-corrected chi connectivity index (χ2v) is 6.21. The predicted octanol–water partition coefficient (Wildman–Crippen LogP) is 3.79. The first-order valence-corrected chi connectivity index (χ1v) is 7.19. The van der Waals surface area contributed by atoms with Gasteiger partial charge in [-0.1, -0.05) is 36.0 Å². The fourth-order valence-corrected chi connectivity index (χ4v) is 4.12. The van der Waals surface area contributed by atoms with E-state index in [9.17, 15) is 0 Å². The van der Waals surface area contributed by atoms with Crippen LogP contribution in [0.1, 0.15) is 43.4 Å². The molecule has 18 heavy (non-hydrogen) atoms. The number of rotatable bonds is 0. The Morgan fingerprint density at radius 3 is 2.72 bits per heavy atom. The number of hydrogen-bond acceptors (Lipinski definition) is 2. The maximum atomic E-state index is 6.46. The van der Waals surface area contributed by atoms with E-state index in [4.69, 9.17) is 28.2 Å². The van der Waals surface area contributed by atoms with E-state index >= 15 is 0 Å². The van der Waals surface area contributed by atoms with Gasteiger partial charge < -0.3 is 0 Å². The van der Waals surface area contributed by atoms with Gasteiger partial charge in [0.15, 0.2) is 5.65 Å². The first kappa shape index (κ1) is 11.1. The average molecular weight is 282 g/mol. The summed E-state index contributed by atoms with van der Waals surface area (Å²) in [6, 6.07) is 0. The largest absolute Gasteiger partial charge is 0.231 e. The molecule has 2 aromatic rings. The average Bonchev–Trinajstić information content (AvgIpc) is 3.05. The molecule has 1 saturated carbocycles. The van der Waals surface area contributed by atoms with E-state index in [2.05, 4.69) is 5.10 Å². The summed E-state index contributed by atoms with van der Waals surface area (Å²) in [5.41, 5.74) is 3.35. The van der Waals surface area contributed by atoms with Crippen molar-refractivity contribution >= 4 is 28.8 Å². The Morgan fingerprint density at radius 1 is 1.17 bits per heavy atom. The summed E-state index contributed by atoms with van der Waals surface area (Å²) in [4.78, 5) is 4.80. The predicted molar refractivity (Wildman–Crippen MR) is 71.5 cm³/mol. The van der Waals surface area contributed by atoms with Crippen molar-refractivity contribution in [3.8, 4) is 0 Å². The lowest BCUT2D eigenvalue weighted by Crippen LogP contribution is -2.20. The molecule has 94 valence electrons. The lowest BCUT2D eigenvalue weighted by molar-refractivity contribution is 0.429. The minimum Gasteiger partial charge on any atom is -0.231 e. The molecule has 0 aromatic carbocycles. The molecular formula is C13H13Cl2N3. The van der Waals surface area contributed by atoms with Crippen molar-refractivity contribution in [3.63, 3.8) is 0 Å². The van der Waals surface area contributed by atoms with Crippen LogP contribution in [-0.4, -0.2) is 14.6 Å². The van der Waals surface area contributed by atoms with Crippen LogP contribution in [0, 0.1) is 0 Å². The Kier molecular flexibility index (Phi) is 2.22. The number of hydrogen-bond donors (Lipinski definition) is 0. The molecule has 4 rings (SSSR count). The monoisotopic (exact) mass is 281 g/mol. The van der Waals surface area contributed by atoms with Crippen molar-refractivity contribution in [3.05, 3.63) is 27.6 Å². The van der Waals surface area contributed by atoms with Crippen LogP contribution in [0.3, 0.4) is 0 Å². The highest BCUT2D eigenvalue weighted by Crippen LogP contribution is 2.50. The van der Waals surface area contributed by atoms with Crippen LogP contribution < -0.4 is 0 Å². The van der Waals surface area contributed by atoms with Crippen molar-refractivity contribution in [1.29, 1.82) is 0 Å². The van der Waals surface area contributed by atoms with Crippen molar-refractivity contribution in [1.82, 2.24) is 14.6 Å². The molecule has 2 aliphatic rings. The van der Waals surface area contributed by atoms with Gasteiger partial charge in [-0.15, -0.1) is 0 Å². The molecule has 1 fully saturated rings. The Bertz CT molecular complexity index is 641. The Labute approximate surface area is 115 Å². The summed E-state index contributed by atoms with van der Waals surface area (Å²) in [7, 11) is 0. The molecule has 0 aliphatic heterocycles. The Balaban J connectivity index is 2.04. The summed E-state index contributed by atoms with van der Waals surface area (Å²) in [6.45, 7) is 0. The quantitative estimate of drug-likeness (QED) is 0.688. The van der Waals surface area contributed by atoms with Gasteiger partial charge in [0.05, 0.1) is 11.9 Å². The zero-order valence-electron chi connectivity index (χ0n) is 9.92. The van der Waals surface area contributed by atoms with Crippen LogP contribution in [0.4, 0.5) is 0 Å². The smallest absolute Gasteiger partial charge is 0.175 e. The van der Waals surface area contributed by atoms with Crippen molar-refractivity contribution in [2.24, 2.45) is 0 Å². The third-order valence-corrected chi connectivity index (χ3v) is 5.21. The fraction of sp³-hybridized carbons (Fsp3) is 0.538. The molecule has 0 unspecified atom stereocenters. The van der Waals surface area contributed by atoms with E-state index < -0.39 is 0 Å². The molecule has 0 saturated heterocycles. The van der Waals surface area contributed by atoms with Crippen LogP contribution in [0.2, 0.25) is 10.2 Å². The standard InChI is InChI=1S/C13H13Cl2N3/c14-9-7-16-18-11(15)8-3-6-13(4-1-2-5-13)10(8)17-12(9)18/h7H,1-6H2. The number of fused-ring (bicyclic) bond motifs is 3. The number of aromatic nitrogens is 3. The molecule has 0 atom stereocenters. The van der Waals surface area contributed by atoms with E-state index in [0.717, 1.165) is 6.42 Å². The summed E-state index contributed by atoms with van der Waals surface area (Å²) in [5, 5.41) is 5.48. The van der Waals surface area contributed by atoms with Gasteiger partial charge in [-0.3, -0.25) is 0 Å². The fourth-order valence-electron chi connectivity index (χ4n) is 3.65. The maximum absolute atomic E-state index is 6.46. The summed E-state index contributed by atoms with van der Waals surface area (Å²) >= 11 is 12.6. The second kappa shape index (κ2) is 3.61. The summed E-state index contributed by atoms with van der Waals surface area (Å²) in [5.74, 6) is 0. The van der Waals surface area contributed by atoms with Gasteiger partial charge in [-0.25, -0.2) is 9.50 Å². The highest BCUT2D eigenvalue weighted by Gasteiger charge is 2.43. The van der Waals surface area contributed by atoms with Gasteiger partial charge >= 0.3 is 0 Å². The van der Waals surface area contributed by atoms with Crippen molar-refractivity contribution in [2.75, 3.05) is 0 Å². The molecule has 0 bridgehead atoms. The minimum absolute atomic E-state index is 0.272. The molecule has 3 nitrogen and oxygen atoms in total. The highest BCUT2D eigenvalue weighted by atomic mass is 35.5. The van der Waals surface area contributed by atoms with E-state index in [1.54, 1.807) is 10.7 Å². The van der Waals surface area contributed by atoms with Crippen LogP contribution in [-0.2, 0) is 11.8 Å². The van der Waals surface area contributed by atoms with Gasteiger partial charge in [0.25, 0.3) is 0 Å². The van der Waals surface area contributed by atoms with Crippen LogP contribution in [0.25, 0.3) is 5.65 Å². The molecule has 0 N–H and O–H groups in total. The zero-order chi connectivity index (χ0) is 12.3. The van der Waals surface area contributed by atoms with E-state index in [1.165, 1.54) is 43.4 Å². The molecular weight excluding hydrogens is 269 g/mol. The van der Waals surface area contributed by atoms with E-state index in [-0.39, 0.29) is 5.41 Å². The van der Waals surface area contributed by atoms with Crippen molar-refractivity contribution < 1.29 is 0 Å². The van der Waals surface area contributed by atoms with E-state index in [0.29, 0.717) is 15.8 Å². The topological polar surface area (TPSA) is 30.2 Å². The third kappa shape index (κ3) is 1.27. The van der Waals surface area contributed by atoms with Crippen LogP contribution in [0.5, 0.6) is 0 Å². The van der Waals surface area contributed by atoms with Gasteiger partial charge in [0.2, 0.25) is 0 Å². The summed E-state index contributed by atoms with van der Waals surface area (Å²) in [6.07, 6.45) is 8.91. The molecule has 2 aromatic heterocycles. The first-order chi connectivity index (χ1) is 8.71. The van der Waals surface area contributed by atoms with Crippen molar-refractivity contribution in [2.45, 2.75) is 43.9 Å². The molecule has 2 aliphatic carbocycles. The molecule has 2 heterocycles. The Hall–Kier alpha value is -0.800. The molecule has 0 radical (unpaired) electrons. The number of nitrogens with zero attached hydrogens (tertiary/aromatic N) is 3. The lowest BCUT2D eigenvalue weighted by atomic mass is 9.83. The third-order valence-electron chi connectivity index (χ3n) is 4.56. The first-order valence-electron chi connectivity index (χ1n) is 6.43. The highest BCUT2D eigenvalue weighted by molar-refractivity contribution is 6.34. The zero-order valence-corrected chi connectivity index (χ0v) is 11.4. The summed E-state index contributed by atoms with van der Waals surface area (Å²) < 4.78 is 1.66. The lowest BCUT2D eigenvalue weighted by Gasteiger charge is -2.23. The SMILES string of the molecule is Clc1cnn2c(Cl)c3c(nc12)C1(CCCC1)CC3. The van der Waals surface area contributed by atoms with Gasteiger partial charge in [-0.2, -0.15) is 5.10 Å². The molecule has 5 heteroatoms. The van der Waals surface area contributed by atoms with Crippen LogP contribution in [0.15, 0.2) is 6.20 Å². The molecule has 0 amide bonds. The normalized spacial score (nSPS) is 21.0. The minimum atomic E-state index is 0.272. The second-order valence-electron chi connectivity index (χ2n) is 5.45.